The molecular formula is C14H22IN3. The van der Waals surface area contributed by atoms with E-state index < -0.39 is 0 Å². The molecule has 18 heavy (non-hydrogen) atoms. The SMILES string of the molecule is CC(C)NC(N)=NCc1ccc2c(c1)CCC2.I. The number of hydrogen-bond donors (Lipinski definition) is 2. The van der Waals surface area contributed by atoms with E-state index in [9.17, 15) is 0 Å². The number of nitrogens with two attached hydrogens (primary N) is 1. The summed E-state index contributed by atoms with van der Waals surface area (Å²) >= 11 is 0. The van der Waals surface area contributed by atoms with Gasteiger partial charge in [0.1, 0.15) is 0 Å². The van der Waals surface area contributed by atoms with Gasteiger partial charge in [-0.25, -0.2) is 4.99 Å². The highest BCUT2D eigenvalue weighted by Crippen LogP contribution is 2.22. The van der Waals surface area contributed by atoms with Crippen LogP contribution in [0.5, 0.6) is 0 Å². The fourth-order valence-corrected chi connectivity index (χ4v) is 2.24. The number of nitrogens with one attached hydrogen (secondary N) is 1. The summed E-state index contributed by atoms with van der Waals surface area (Å²) in [5.41, 5.74) is 10.0. The molecule has 0 spiro atoms. The Morgan fingerprint density at radius 2 is 2.06 bits per heavy atom. The first-order valence-electron chi connectivity index (χ1n) is 6.32. The quantitative estimate of drug-likeness (QED) is 0.495. The molecule has 3 N–H and O–H groups in total. The van der Waals surface area contributed by atoms with Crippen molar-refractivity contribution in [3.05, 3.63) is 34.9 Å². The summed E-state index contributed by atoms with van der Waals surface area (Å²) in [5, 5.41) is 3.09. The third-order valence-corrected chi connectivity index (χ3v) is 3.03. The fourth-order valence-electron chi connectivity index (χ4n) is 2.24. The number of nitrogens with zero attached hydrogens (tertiary/aromatic N) is 1. The molecule has 0 unspecified atom stereocenters. The Balaban J connectivity index is 0.00000162. The highest BCUT2D eigenvalue weighted by molar-refractivity contribution is 14.0. The maximum absolute atomic E-state index is 5.77. The number of aryl methyl sites for hydroxylation is 2. The standard InChI is InChI=1S/C14H21N3.HI/c1-10(2)17-14(15)16-9-11-6-7-12-4-3-5-13(12)8-11;/h6-8,10H,3-5,9H2,1-2H3,(H3,15,16,17);1H. The smallest absolute Gasteiger partial charge is 0.189 e. The van der Waals surface area contributed by atoms with Crippen molar-refractivity contribution in [3.8, 4) is 0 Å². The molecule has 0 radical (unpaired) electrons. The summed E-state index contributed by atoms with van der Waals surface area (Å²) in [6.45, 7) is 4.77. The minimum absolute atomic E-state index is 0. The number of aliphatic imine (C=N–C) groups is 1. The molecule has 0 saturated carbocycles. The van der Waals surface area contributed by atoms with Crippen molar-refractivity contribution >= 4 is 29.9 Å². The lowest BCUT2D eigenvalue weighted by Crippen LogP contribution is -2.36. The summed E-state index contributed by atoms with van der Waals surface area (Å²) in [6.07, 6.45) is 3.74. The Kier molecular flexibility index (Phi) is 5.91. The molecule has 0 aliphatic heterocycles. The number of rotatable bonds is 3. The van der Waals surface area contributed by atoms with Crippen LogP contribution < -0.4 is 11.1 Å². The van der Waals surface area contributed by atoms with E-state index in [1.54, 1.807) is 0 Å². The van der Waals surface area contributed by atoms with Crippen molar-refractivity contribution < 1.29 is 0 Å². The van der Waals surface area contributed by atoms with Crippen LogP contribution in [0, 0.1) is 0 Å². The van der Waals surface area contributed by atoms with Crippen LogP contribution in [-0.4, -0.2) is 12.0 Å². The summed E-state index contributed by atoms with van der Waals surface area (Å²) in [7, 11) is 0. The van der Waals surface area contributed by atoms with Gasteiger partial charge in [-0.1, -0.05) is 18.2 Å². The molecule has 1 aromatic rings. The third kappa shape index (κ3) is 4.15. The molecule has 0 saturated heterocycles. The van der Waals surface area contributed by atoms with Gasteiger partial charge in [-0.15, -0.1) is 24.0 Å². The molecule has 100 valence electrons. The van der Waals surface area contributed by atoms with Crippen LogP contribution in [0.3, 0.4) is 0 Å². The van der Waals surface area contributed by atoms with E-state index >= 15 is 0 Å². The molecule has 0 bridgehead atoms. The van der Waals surface area contributed by atoms with Gasteiger partial charge < -0.3 is 11.1 Å². The molecule has 1 aliphatic carbocycles. The van der Waals surface area contributed by atoms with Crippen LogP contribution in [-0.2, 0) is 19.4 Å². The molecule has 0 atom stereocenters. The Labute approximate surface area is 126 Å². The highest BCUT2D eigenvalue weighted by Gasteiger charge is 2.10. The zero-order chi connectivity index (χ0) is 12.3. The van der Waals surface area contributed by atoms with Crippen molar-refractivity contribution in [2.75, 3.05) is 0 Å². The molecule has 0 fully saturated rings. The number of benzene rings is 1. The molecule has 0 amide bonds. The van der Waals surface area contributed by atoms with Gasteiger partial charge in [0.05, 0.1) is 6.54 Å². The largest absolute Gasteiger partial charge is 0.370 e. The predicted octanol–water partition coefficient (Wildman–Crippen LogP) is 2.61. The van der Waals surface area contributed by atoms with Crippen molar-refractivity contribution in [1.82, 2.24) is 5.32 Å². The van der Waals surface area contributed by atoms with Gasteiger partial charge in [0.2, 0.25) is 0 Å². The van der Waals surface area contributed by atoms with Gasteiger partial charge in [-0.05, 0) is 49.8 Å². The monoisotopic (exact) mass is 359 g/mol. The summed E-state index contributed by atoms with van der Waals surface area (Å²) < 4.78 is 0. The van der Waals surface area contributed by atoms with Gasteiger partial charge in [0.25, 0.3) is 0 Å². The Hall–Kier alpha value is -0.780. The van der Waals surface area contributed by atoms with Crippen LogP contribution in [0.15, 0.2) is 23.2 Å². The molecule has 0 aromatic heterocycles. The van der Waals surface area contributed by atoms with E-state index in [0.717, 1.165) is 0 Å². The summed E-state index contributed by atoms with van der Waals surface area (Å²) in [5.74, 6) is 0.528. The zero-order valence-corrected chi connectivity index (χ0v) is 13.4. The highest BCUT2D eigenvalue weighted by atomic mass is 127. The van der Waals surface area contributed by atoms with E-state index in [1.165, 1.54) is 36.0 Å². The van der Waals surface area contributed by atoms with Crippen LogP contribution in [0.4, 0.5) is 0 Å². The van der Waals surface area contributed by atoms with Crippen molar-refractivity contribution in [2.45, 2.75) is 45.7 Å². The number of hydrogen-bond acceptors (Lipinski definition) is 1. The lowest BCUT2D eigenvalue weighted by atomic mass is 10.1. The molecule has 3 nitrogen and oxygen atoms in total. The fraction of sp³-hybridized carbons (Fsp3) is 0.500. The van der Waals surface area contributed by atoms with Crippen molar-refractivity contribution in [3.63, 3.8) is 0 Å². The van der Waals surface area contributed by atoms with Gasteiger partial charge >= 0.3 is 0 Å². The third-order valence-electron chi connectivity index (χ3n) is 3.03. The van der Waals surface area contributed by atoms with Gasteiger partial charge in [-0.2, -0.15) is 0 Å². The number of fused-ring (bicyclic) bond motifs is 1. The molecule has 4 heteroatoms. The number of guanidine groups is 1. The van der Waals surface area contributed by atoms with Crippen LogP contribution in [0.2, 0.25) is 0 Å². The molecule has 1 aromatic carbocycles. The normalized spacial score (nSPS) is 14.3. The van der Waals surface area contributed by atoms with E-state index in [2.05, 4.69) is 42.4 Å². The van der Waals surface area contributed by atoms with E-state index in [4.69, 9.17) is 5.73 Å². The average Bonchev–Trinajstić information content (AvgIpc) is 2.72. The van der Waals surface area contributed by atoms with Crippen LogP contribution >= 0.6 is 24.0 Å². The number of halogens is 1. The van der Waals surface area contributed by atoms with E-state index in [1.807, 2.05) is 0 Å². The maximum Gasteiger partial charge on any atom is 0.189 e. The van der Waals surface area contributed by atoms with Gasteiger partial charge in [0, 0.05) is 6.04 Å². The second-order valence-electron chi connectivity index (χ2n) is 4.96. The van der Waals surface area contributed by atoms with E-state index in [-0.39, 0.29) is 24.0 Å². The van der Waals surface area contributed by atoms with E-state index in [0.29, 0.717) is 18.5 Å². The summed E-state index contributed by atoms with van der Waals surface area (Å²) in [6, 6.07) is 7.00. The lowest BCUT2D eigenvalue weighted by molar-refractivity contribution is 0.723. The lowest BCUT2D eigenvalue weighted by Gasteiger charge is -2.08. The molecule has 1 aliphatic rings. The first-order chi connectivity index (χ1) is 8.15. The topological polar surface area (TPSA) is 50.4 Å². The van der Waals surface area contributed by atoms with Crippen LogP contribution in [0.25, 0.3) is 0 Å². The maximum atomic E-state index is 5.77. The second kappa shape index (κ2) is 6.97. The average molecular weight is 359 g/mol. The molecular weight excluding hydrogens is 337 g/mol. The van der Waals surface area contributed by atoms with Gasteiger partial charge in [0.15, 0.2) is 5.96 Å². The van der Waals surface area contributed by atoms with Crippen LogP contribution in [0.1, 0.15) is 37.0 Å². The first kappa shape index (κ1) is 15.3. The zero-order valence-electron chi connectivity index (χ0n) is 11.1. The molecule has 0 heterocycles. The van der Waals surface area contributed by atoms with Crippen molar-refractivity contribution in [1.29, 1.82) is 0 Å². The molecule has 2 rings (SSSR count). The van der Waals surface area contributed by atoms with Gasteiger partial charge in [-0.3, -0.25) is 0 Å². The predicted molar refractivity (Wildman–Crippen MR) is 87.5 cm³/mol. The summed E-state index contributed by atoms with van der Waals surface area (Å²) in [4.78, 5) is 4.34. The minimum Gasteiger partial charge on any atom is -0.370 e. The Morgan fingerprint density at radius 1 is 1.33 bits per heavy atom. The Morgan fingerprint density at radius 3 is 2.78 bits per heavy atom. The first-order valence-corrected chi connectivity index (χ1v) is 6.32. The Bertz CT molecular complexity index is 427. The second-order valence-corrected chi connectivity index (χ2v) is 4.96. The van der Waals surface area contributed by atoms with Crippen molar-refractivity contribution in [2.24, 2.45) is 10.7 Å². The minimum atomic E-state index is 0.